The Morgan fingerprint density at radius 2 is 0.880 bits per heavy atom. The number of hydrogen-bond acceptors (Lipinski definition) is 21. The van der Waals surface area contributed by atoms with E-state index >= 15 is 0 Å². The minimum absolute atomic E-state index is 0. The summed E-state index contributed by atoms with van der Waals surface area (Å²) in [5.41, 5.74) is 0.984. The number of carbonyl (C=O) groups is 2. The van der Waals surface area contributed by atoms with Crippen molar-refractivity contribution < 1.29 is 225 Å². The molecule has 0 fully saturated rings. The maximum atomic E-state index is 13.1. The molecule has 0 aromatic heterocycles. The number of carboxylic acid groups (broad SMARTS) is 1. The van der Waals surface area contributed by atoms with Crippen LogP contribution in [0.5, 0.6) is 11.5 Å². The van der Waals surface area contributed by atoms with Crippen molar-refractivity contribution >= 4 is 114 Å². The standard InChI is InChI=1S/C42H31N7O17S4.5Na/c1-20-13-22(23-4-11-32(21(2)14-23)46-49-38-30-9-7-28(68(58,59)60)16-25(30)18-36(40(38)51)70(64,65)66)3-10-31(20)45-47-33-12-5-26(19-34(33)43-41(52)42(53)54)44-48-37-29-8-6-27(67(55,56)57)15-24(29)17-35(39(37)50)69(61,62)63;;;;;/h3-19,50-51H,1-2H3,(H,43,52)(H,53,54)(H,55,56,57)(H,58,59,60)(H,61,62,63)(H,64,65,66);;;;;/q;5*+1/p-5. The minimum Gasteiger partial charge on any atom is -0.870 e. The number of nitrogens with zero attached hydrogens (tertiary/aromatic N) is 6. The fourth-order valence-corrected chi connectivity index (χ4v) is 8.92. The quantitative estimate of drug-likeness (QED) is 0.0443. The van der Waals surface area contributed by atoms with Crippen LogP contribution < -0.4 is 168 Å². The predicted octanol–water partition coefficient (Wildman–Crippen LogP) is -9.32. The summed E-state index contributed by atoms with van der Waals surface area (Å²) in [7, 11) is -20.4. The van der Waals surface area contributed by atoms with Crippen molar-refractivity contribution in [3.63, 3.8) is 0 Å². The molecular formula is C42H26N7Na5O17S4. The number of hydrogen-bond donors (Lipinski definition) is 3. The van der Waals surface area contributed by atoms with E-state index in [0.29, 0.717) is 40.1 Å². The first kappa shape index (κ1) is 68.1. The molecule has 0 atom stereocenters. The Hall–Kier alpha value is -2.96. The molecule has 0 heterocycles. The van der Waals surface area contributed by atoms with Crippen molar-refractivity contribution in [1.82, 2.24) is 0 Å². The van der Waals surface area contributed by atoms with E-state index in [1.807, 2.05) is 0 Å². The molecule has 0 aliphatic heterocycles. The van der Waals surface area contributed by atoms with Crippen LogP contribution in [-0.2, 0) is 50.1 Å². The molecule has 0 spiro atoms. The molecule has 0 aliphatic carbocycles. The topological polar surface area (TPSA) is 413 Å². The molecule has 3 N–H and O–H groups in total. The van der Waals surface area contributed by atoms with Crippen LogP contribution in [-0.4, -0.2) is 63.8 Å². The van der Waals surface area contributed by atoms with Gasteiger partial charge in [-0.15, -0.1) is 5.11 Å². The van der Waals surface area contributed by atoms with Gasteiger partial charge in [0, 0.05) is 10.8 Å². The maximum absolute atomic E-state index is 13.1. The summed E-state index contributed by atoms with van der Waals surface area (Å²) in [5.74, 6) is -6.34. The van der Waals surface area contributed by atoms with E-state index in [1.165, 1.54) is 18.2 Å². The van der Waals surface area contributed by atoms with Crippen LogP contribution in [0.4, 0.5) is 39.8 Å². The van der Waals surface area contributed by atoms with E-state index in [0.717, 1.165) is 42.5 Å². The normalized spacial score (nSPS) is 11.9. The Morgan fingerprint density at radius 1 is 0.493 bits per heavy atom. The summed E-state index contributed by atoms with van der Waals surface area (Å²) >= 11 is 0. The van der Waals surface area contributed by atoms with Gasteiger partial charge in [-0.05, 0) is 126 Å². The van der Waals surface area contributed by atoms with Crippen LogP contribution in [0, 0.1) is 13.8 Å². The van der Waals surface area contributed by atoms with E-state index in [1.54, 1.807) is 44.2 Å². The molecule has 33 heteroatoms. The summed E-state index contributed by atoms with van der Waals surface area (Å²) in [6.45, 7) is 3.34. The Balaban J connectivity index is 0.00000385. The fraction of sp³-hybridized carbons (Fsp3) is 0.0476. The first-order valence-corrected chi connectivity index (χ1v) is 24.9. The van der Waals surface area contributed by atoms with Gasteiger partial charge < -0.3 is 34.5 Å². The predicted molar refractivity (Wildman–Crippen MR) is 236 cm³/mol. The zero-order chi connectivity index (χ0) is 51.2. The van der Waals surface area contributed by atoms with Gasteiger partial charge in [-0.3, -0.25) is 13.9 Å². The SMILES string of the molecule is Cc1cc(-c2ccc(N=Nc3c([O-])c(S(=O)(=O)O)cc4cc(S(=O)(=O)[O-])ccc34)c(C)c2)ccc1N=Nc1ccc(N=Nc2c([O-])c(S(=O)(=O)O)cc3cc(S(=O)(=O)[O-])ccc23)cc1NC(=O)C(=O)[O-].[Na+].[Na+].[Na+].[Na+].[Na+]. The third-order valence-electron chi connectivity index (χ3n) is 10.1. The number of rotatable bonds is 12. The minimum atomic E-state index is -5.21. The van der Waals surface area contributed by atoms with Crippen LogP contribution in [0.25, 0.3) is 32.7 Å². The molecule has 0 unspecified atom stereocenters. The fourth-order valence-electron chi connectivity index (χ4n) is 6.70. The van der Waals surface area contributed by atoms with Crippen molar-refractivity contribution in [2.75, 3.05) is 5.32 Å². The average molecular weight is 1140 g/mol. The number of amides is 1. The van der Waals surface area contributed by atoms with Gasteiger partial charge in [-0.25, -0.2) is 16.8 Å². The smallest absolute Gasteiger partial charge is 0.870 e. The summed E-state index contributed by atoms with van der Waals surface area (Å²) in [6, 6.07) is 20.1. The number of carbonyl (C=O) groups excluding carboxylic acids is 2. The number of anilines is 1. The molecule has 0 bridgehead atoms. The van der Waals surface area contributed by atoms with Gasteiger partial charge in [0.2, 0.25) is 0 Å². The van der Waals surface area contributed by atoms with Crippen LogP contribution in [0.2, 0.25) is 0 Å². The zero-order valence-electron chi connectivity index (χ0n) is 40.1. The molecule has 7 aromatic carbocycles. The van der Waals surface area contributed by atoms with Crippen molar-refractivity contribution in [3.05, 3.63) is 114 Å². The summed E-state index contributed by atoms with van der Waals surface area (Å²) in [4.78, 5) is 19.7. The van der Waals surface area contributed by atoms with Gasteiger partial charge in [0.25, 0.3) is 26.1 Å². The van der Waals surface area contributed by atoms with Crippen molar-refractivity contribution in [3.8, 4) is 22.6 Å². The molecule has 360 valence electrons. The molecular weight excluding hydrogens is 1120 g/mol. The second-order valence-electron chi connectivity index (χ2n) is 14.8. The van der Waals surface area contributed by atoms with Crippen molar-refractivity contribution in [2.45, 2.75) is 33.4 Å². The first-order chi connectivity index (χ1) is 32.6. The van der Waals surface area contributed by atoms with Gasteiger partial charge >= 0.3 is 148 Å². The number of azo groups is 3. The number of aryl methyl sites for hydroxylation is 2. The number of aliphatic carboxylic acids is 1. The third-order valence-corrected chi connectivity index (χ3v) is 13.5. The van der Waals surface area contributed by atoms with E-state index in [2.05, 4.69) is 36.0 Å². The molecule has 0 saturated heterocycles. The Labute approximate surface area is 537 Å². The Kier molecular flexibility index (Phi) is 24.3. The monoisotopic (exact) mass is 1140 g/mol. The summed E-state index contributed by atoms with van der Waals surface area (Å²) in [5, 5.41) is 63.0. The van der Waals surface area contributed by atoms with Crippen LogP contribution in [0.1, 0.15) is 11.1 Å². The molecule has 24 nitrogen and oxygen atoms in total. The summed E-state index contributed by atoms with van der Waals surface area (Å²) < 4.78 is 137. The van der Waals surface area contributed by atoms with E-state index < -0.39 is 94.8 Å². The van der Waals surface area contributed by atoms with E-state index in [9.17, 15) is 76.8 Å². The third kappa shape index (κ3) is 16.1. The van der Waals surface area contributed by atoms with Gasteiger partial charge in [-0.1, -0.05) is 35.8 Å². The van der Waals surface area contributed by atoms with Crippen LogP contribution in [0.3, 0.4) is 0 Å². The molecule has 0 aliphatic rings. The molecule has 0 saturated carbocycles. The second-order valence-corrected chi connectivity index (χ2v) is 20.3. The van der Waals surface area contributed by atoms with Gasteiger partial charge in [0.1, 0.15) is 31.9 Å². The van der Waals surface area contributed by atoms with Gasteiger partial charge in [0.15, 0.2) is 0 Å². The van der Waals surface area contributed by atoms with Crippen LogP contribution >= 0.6 is 0 Å². The molecule has 7 aromatic rings. The number of benzene rings is 7. The first-order valence-electron chi connectivity index (χ1n) is 19.2. The van der Waals surface area contributed by atoms with Crippen molar-refractivity contribution in [2.24, 2.45) is 30.7 Å². The average Bonchev–Trinajstić information content (AvgIpc) is 3.26. The van der Waals surface area contributed by atoms with Crippen molar-refractivity contribution in [1.29, 1.82) is 0 Å². The van der Waals surface area contributed by atoms with E-state index in [4.69, 9.17) is 0 Å². The van der Waals surface area contributed by atoms with E-state index in [-0.39, 0.29) is 192 Å². The zero-order valence-corrected chi connectivity index (χ0v) is 53.4. The Morgan fingerprint density at radius 3 is 1.27 bits per heavy atom. The molecule has 1 amide bonds. The number of carboxylic acids is 1. The maximum Gasteiger partial charge on any atom is 1.00 e. The second kappa shape index (κ2) is 26.8. The summed E-state index contributed by atoms with van der Waals surface area (Å²) in [6.07, 6.45) is 0. The Bertz CT molecular complexity index is 4000. The van der Waals surface area contributed by atoms with Gasteiger partial charge in [0.05, 0.1) is 53.7 Å². The molecule has 75 heavy (non-hydrogen) atoms. The van der Waals surface area contributed by atoms with Crippen LogP contribution in [0.15, 0.2) is 153 Å². The molecule has 0 radical (unpaired) electrons. The largest absolute Gasteiger partial charge is 1.00 e. The number of fused-ring (bicyclic) bond motifs is 2. The number of nitrogens with one attached hydrogen (secondary N) is 1. The molecule has 7 rings (SSSR count). The van der Waals surface area contributed by atoms with Gasteiger partial charge in [-0.2, -0.15) is 42.4 Å².